The van der Waals surface area contributed by atoms with Gasteiger partial charge in [0.25, 0.3) is 5.56 Å². The summed E-state index contributed by atoms with van der Waals surface area (Å²) < 4.78 is 6.08. The molecular weight excluding hydrogens is 255 g/mol. The van der Waals surface area contributed by atoms with Gasteiger partial charge in [-0.2, -0.15) is 0 Å². The molecule has 1 saturated heterocycles. The Labute approximate surface area is 125 Å². The molecular formula is C9H13N2NaO6. The van der Waals surface area contributed by atoms with Gasteiger partial charge in [-0.3, -0.25) is 14.3 Å². The second-order valence-electron chi connectivity index (χ2n) is 3.75. The molecule has 1 aromatic heterocycles. The van der Waals surface area contributed by atoms with E-state index in [0.717, 1.165) is 16.8 Å². The van der Waals surface area contributed by atoms with Crippen LogP contribution in [0.15, 0.2) is 21.9 Å². The molecule has 1 fully saturated rings. The van der Waals surface area contributed by atoms with E-state index in [2.05, 4.69) is 0 Å². The van der Waals surface area contributed by atoms with Gasteiger partial charge >= 0.3 is 35.2 Å². The van der Waals surface area contributed by atoms with E-state index in [1.54, 1.807) is 0 Å². The molecule has 18 heavy (non-hydrogen) atoms. The van der Waals surface area contributed by atoms with E-state index < -0.39 is 42.4 Å². The van der Waals surface area contributed by atoms with Crippen molar-refractivity contribution in [1.29, 1.82) is 0 Å². The fourth-order valence-electron chi connectivity index (χ4n) is 1.74. The first-order valence-electron chi connectivity index (χ1n) is 4.98. The molecule has 0 saturated carbocycles. The predicted octanol–water partition coefficient (Wildman–Crippen LogP) is -5.74. The van der Waals surface area contributed by atoms with E-state index in [1.165, 1.54) is 0 Å². The Bertz CT molecular complexity index is 520. The van der Waals surface area contributed by atoms with Crippen LogP contribution in [0.3, 0.4) is 0 Å². The summed E-state index contributed by atoms with van der Waals surface area (Å²) in [6.07, 6.45) is -3.58. The maximum atomic E-state index is 11.4. The topological polar surface area (TPSA) is 125 Å². The Morgan fingerprint density at radius 1 is 1.39 bits per heavy atom. The van der Waals surface area contributed by atoms with Crippen LogP contribution in [0.25, 0.3) is 0 Å². The monoisotopic (exact) mass is 268 g/mol. The van der Waals surface area contributed by atoms with E-state index in [-0.39, 0.29) is 31.0 Å². The van der Waals surface area contributed by atoms with E-state index in [9.17, 15) is 19.8 Å². The van der Waals surface area contributed by atoms with Crippen LogP contribution in [0.4, 0.5) is 0 Å². The molecule has 0 radical (unpaired) electrons. The van der Waals surface area contributed by atoms with Gasteiger partial charge in [-0.05, 0) is 0 Å². The molecule has 2 heterocycles. The van der Waals surface area contributed by atoms with Crippen LogP contribution < -0.4 is 40.8 Å². The minimum Gasteiger partial charge on any atom is -1.00 e. The van der Waals surface area contributed by atoms with Crippen LogP contribution in [-0.2, 0) is 4.74 Å². The van der Waals surface area contributed by atoms with Crippen molar-refractivity contribution >= 4 is 0 Å². The number of aromatic nitrogens is 2. The van der Waals surface area contributed by atoms with Crippen molar-refractivity contribution in [3.63, 3.8) is 0 Å². The normalized spacial score (nSPS) is 31.1. The maximum Gasteiger partial charge on any atom is 1.00 e. The van der Waals surface area contributed by atoms with Crippen LogP contribution in [0.5, 0.6) is 0 Å². The molecule has 0 aromatic carbocycles. The van der Waals surface area contributed by atoms with Gasteiger partial charge in [0, 0.05) is 12.3 Å². The molecule has 2 rings (SSSR count). The zero-order valence-electron chi connectivity index (χ0n) is 10.7. The van der Waals surface area contributed by atoms with E-state index >= 15 is 0 Å². The molecule has 96 valence electrons. The maximum absolute atomic E-state index is 11.4. The largest absolute Gasteiger partial charge is 1.00 e. The zero-order chi connectivity index (χ0) is 12.6. The molecule has 0 aliphatic carbocycles. The van der Waals surface area contributed by atoms with Crippen molar-refractivity contribution in [1.82, 2.24) is 9.55 Å². The Kier molecular flexibility index (Phi) is 5.29. The van der Waals surface area contributed by atoms with Crippen molar-refractivity contribution in [3.8, 4) is 0 Å². The summed E-state index contributed by atoms with van der Waals surface area (Å²) in [6, 6.07) is 1.09. The first kappa shape index (κ1) is 15.6. The second-order valence-corrected chi connectivity index (χ2v) is 3.75. The Morgan fingerprint density at radius 2 is 2.06 bits per heavy atom. The van der Waals surface area contributed by atoms with Crippen LogP contribution in [0.1, 0.15) is 7.65 Å². The molecule has 1 aliphatic heterocycles. The van der Waals surface area contributed by atoms with Crippen molar-refractivity contribution in [3.05, 3.63) is 33.1 Å². The molecule has 0 unspecified atom stereocenters. The number of hydrogen-bond donors (Lipinski definition) is 4. The van der Waals surface area contributed by atoms with E-state index in [0.29, 0.717) is 0 Å². The molecule has 4 atom stereocenters. The molecule has 9 heteroatoms. The fraction of sp³-hybridized carbons (Fsp3) is 0.556. The molecule has 1 aromatic rings. The summed E-state index contributed by atoms with van der Waals surface area (Å²) in [4.78, 5) is 24.3. The van der Waals surface area contributed by atoms with Gasteiger partial charge < -0.3 is 21.5 Å². The number of H-pyrrole nitrogens is 1. The summed E-state index contributed by atoms with van der Waals surface area (Å²) in [6.45, 7) is -0.479. The number of rotatable bonds is 2. The first-order valence-corrected chi connectivity index (χ1v) is 4.98. The van der Waals surface area contributed by atoms with Crippen molar-refractivity contribution in [2.75, 3.05) is 6.61 Å². The number of aromatic amines is 1. The predicted molar refractivity (Wildman–Crippen MR) is 55.4 cm³/mol. The van der Waals surface area contributed by atoms with Gasteiger partial charge in [-0.1, -0.05) is 0 Å². The SMILES string of the molecule is O=c1ccn([C@@H]2O[C@H](CO)[C@@H](O)[C@H]2O)c(=O)[nH]1.[H-].[Na+]. The third kappa shape index (κ3) is 2.75. The molecule has 1 aliphatic rings. The van der Waals surface area contributed by atoms with Crippen LogP contribution in [0, 0.1) is 0 Å². The van der Waals surface area contributed by atoms with Crippen molar-refractivity contribution in [2.24, 2.45) is 0 Å². The molecule has 0 amide bonds. The minimum atomic E-state index is -1.35. The fourth-order valence-corrected chi connectivity index (χ4v) is 1.74. The quantitative estimate of drug-likeness (QED) is 0.396. The van der Waals surface area contributed by atoms with E-state index in [4.69, 9.17) is 9.84 Å². The first-order chi connectivity index (χ1) is 8.04. The molecule has 4 N–H and O–H groups in total. The number of nitrogens with one attached hydrogen (secondary N) is 1. The summed E-state index contributed by atoms with van der Waals surface area (Å²) in [5.41, 5.74) is -1.33. The zero-order valence-corrected chi connectivity index (χ0v) is 11.7. The third-order valence-corrected chi connectivity index (χ3v) is 2.64. The van der Waals surface area contributed by atoms with Crippen LogP contribution in [-0.4, -0.2) is 49.8 Å². The standard InChI is InChI=1S/C9H12N2O6.Na.H/c12-3-4-6(14)7(15)8(17-4)11-2-1-5(13)10-9(11)16;;/h1-2,4,6-8,12,14-15H,3H2,(H,10,13,16);;/q;+1;-1/t4-,6-,7-,8-;;/m1../s1. The molecule has 0 bridgehead atoms. The van der Waals surface area contributed by atoms with Gasteiger partial charge in [0.2, 0.25) is 0 Å². The number of ether oxygens (including phenoxy) is 1. The molecule has 0 spiro atoms. The van der Waals surface area contributed by atoms with Gasteiger partial charge in [0.15, 0.2) is 6.23 Å². The Morgan fingerprint density at radius 3 is 2.56 bits per heavy atom. The number of aliphatic hydroxyl groups excluding tert-OH is 3. The van der Waals surface area contributed by atoms with Gasteiger partial charge in [0.05, 0.1) is 6.61 Å². The van der Waals surface area contributed by atoms with Crippen LogP contribution in [0.2, 0.25) is 0 Å². The Balaban J connectivity index is 0.00000162. The van der Waals surface area contributed by atoms with Gasteiger partial charge in [-0.25, -0.2) is 4.79 Å². The Hall–Kier alpha value is -0.480. The minimum absolute atomic E-state index is 0. The number of aliphatic hydroxyl groups is 3. The van der Waals surface area contributed by atoms with Crippen molar-refractivity contribution in [2.45, 2.75) is 24.5 Å². The third-order valence-electron chi connectivity index (χ3n) is 2.64. The van der Waals surface area contributed by atoms with Crippen molar-refractivity contribution < 1.29 is 51.0 Å². The smallest absolute Gasteiger partial charge is 1.00 e. The number of hydrogen-bond acceptors (Lipinski definition) is 6. The average Bonchev–Trinajstić information content (AvgIpc) is 2.57. The van der Waals surface area contributed by atoms with Gasteiger partial charge in [0.1, 0.15) is 18.3 Å². The summed E-state index contributed by atoms with van der Waals surface area (Å²) in [5.74, 6) is 0. The summed E-state index contributed by atoms with van der Waals surface area (Å²) in [5, 5.41) is 28.1. The van der Waals surface area contributed by atoms with Gasteiger partial charge in [-0.15, -0.1) is 0 Å². The average molecular weight is 268 g/mol. The second kappa shape index (κ2) is 6.11. The summed E-state index contributed by atoms with van der Waals surface area (Å²) in [7, 11) is 0. The van der Waals surface area contributed by atoms with Crippen LogP contribution >= 0.6 is 0 Å². The summed E-state index contributed by atoms with van der Waals surface area (Å²) >= 11 is 0. The number of nitrogens with zero attached hydrogens (tertiary/aromatic N) is 1. The van der Waals surface area contributed by atoms with E-state index in [1.807, 2.05) is 4.98 Å². The molecule has 8 nitrogen and oxygen atoms in total.